The maximum Gasteiger partial charge on any atom is 0.118 e. The van der Waals surface area contributed by atoms with E-state index in [4.69, 9.17) is 4.84 Å². The number of nitrogens with zero attached hydrogens (tertiary/aromatic N) is 1. The molecule has 0 bridgehead atoms. The number of nitrogens with one attached hydrogen (secondary N) is 1. The minimum absolute atomic E-state index is 0.920. The van der Waals surface area contributed by atoms with E-state index in [1.165, 1.54) is 16.7 Å². The highest BCUT2D eigenvalue weighted by Gasteiger charge is 2.25. The Balaban J connectivity index is 1.90. The zero-order valence-corrected chi connectivity index (χ0v) is 13.7. The molecule has 0 amide bonds. The number of benzene rings is 2. The van der Waals surface area contributed by atoms with Gasteiger partial charge in [-0.1, -0.05) is 53.7 Å². The molecule has 0 unspecified atom stereocenters. The van der Waals surface area contributed by atoms with Crippen LogP contribution in [0.5, 0.6) is 0 Å². The van der Waals surface area contributed by atoms with Crippen LogP contribution in [0.2, 0.25) is 0 Å². The average Bonchev–Trinajstić information content (AvgIpc) is 2.89. The summed E-state index contributed by atoms with van der Waals surface area (Å²) in [6.07, 6.45) is 6.65. The van der Waals surface area contributed by atoms with E-state index in [0.29, 0.717) is 0 Å². The first-order valence-corrected chi connectivity index (χ1v) is 8.01. The van der Waals surface area contributed by atoms with Gasteiger partial charge in [0.05, 0.1) is 0 Å². The highest BCUT2D eigenvalue weighted by Crippen LogP contribution is 2.37. The van der Waals surface area contributed by atoms with E-state index in [-0.39, 0.29) is 0 Å². The molecule has 3 heteroatoms. The maximum atomic E-state index is 5.07. The molecule has 0 radical (unpaired) electrons. The number of unbranched alkanes of at least 4 members (excludes halogenated alkanes) is 1. The lowest BCUT2D eigenvalue weighted by Gasteiger charge is -2.02. The Labute approximate surface area is 137 Å². The summed E-state index contributed by atoms with van der Waals surface area (Å²) in [7, 11) is 3.58. The van der Waals surface area contributed by atoms with E-state index in [0.717, 1.165) is 36.2 Å². The van der Waals surface area contributed by atoms with Gasteiger partial charge in [0, 0.05) is 11.1 Å². The summed E-state index contributed by atoms with van der Waals surface area (Å²) in [6.45, 7) is 1.05. The summed E-state index contributed by atoms with van der Waals surface area (Å²) < 4.78 is 0. The van der Waals surface area contributed by atoms with Gasteiger partial charge in [-0.2, -0.15) is 0 Å². The van der Waals surface area contributed by atoms with Crippen molar-refractivity contribution in [3.05, 3.63) is 65.2 Å². The Morgan fingerprint density at radius 2 is 1.83 bits per heavy atom. The van der Waals surface area contributed by atoms with Crippen LogP contribution >= 0.6 is 0 Å². The third-order valence-corrected chi connectivity index (χ3v) is 4.06. The Morgan fingerprint density at radius 1 is 1.04 bits per heavy atom. The van der Waals surface area contributed by atoms with Gasteiger partial charge in [0.1, 0.15) is 12.8 Å². The molecule has 0 saturated heterocycles. The molecule has 0 spiro atoms. The van der Waals surface area contributed by atoms with Crippen LogP contribution in [0.1, 0.15) is 29.5 Å². The first-order valence-electron chi connectivity index (χ1n) is 8.01. The lowest BCUT2D eigenvalue weighted by molar-refractivity contribution is 0.214. The number of hydrogen-bond donors (Lipinski definition) is 1. The molecule has 23 heavy (non-hydrogen) atoms. The molecule has 1 aliphatic carbocycles. The van der Waals surface area contributed by atoms with Crippen molar-refractivity contribution < 1.29 is 4.84 Å². The standard InChI is InChI=1S/C20H22N2O/c1-21-13-7-3-4-8-15-11-12-17-16-9-5-6-10-18(16)20(22-23-2)19(17)14-15/h4-6,8-12,14,21H,3,7,13H2,1-2H3/b8-4+,22-20+. The molecule has 1 aliphatic rings. The van der Waals surface area contributed by atoms with Gasteiger partial charge in [-0.05, 0) is 49.2 Å². The van der Waals surface area contributed by atoms with Gasteiger partial charge in [0.15, 0.2) is 0 Å². The molecule has 1 N–H and O–H groups in total. The fraction of sp³-hybridized carbons (Fsp3) is 0.250. The van der Waals surface area contributed by atoms with Gasteiger partial charge in [-0.25, -0.2) is 0 Å². The van der Waals surface area contributed by atoms with Crippen LogP contribution in [0, 0.1) is 0 Å². The molecule has 2 aromatic carbocycles. The summed E-state index contributed by atoms with van der Waals surface area (Å²) in [5.41, 5.74) is 6.85. The largest absolute Gasteiger partial charge is 0.399 e. The van der Waals surface area contributed by atoms with Gasteiger partial charge in [-0.3, -0.25) is 0 Å². The average molecular weight is 306 g/mol. The predicted molar refractivity (Wildman–Crippen MR) is 96.7 cm³/mol. The lowest BCUT2D eigenvalue weighted by atomic mass is 10.0. The molecular weight excluding hydrogens is 284 g/mol. The summed E-state index contributed by atoms with van der Waals surface area (Å²) in [4.78, 5) is 5.07. The minimum atomic E-state index is 0.920. The van der Waals surface area contributed by atoms with Crippen molar-refractivity contribution in [2.24, 2.45) is 5.16 Å². The molecule has 0 aliphatic heterocycles. The van der Waals surface area contributed by atoms with Crippen molar-refractivity contribution in [2.45, 2.75) is 12.8 Å². The van der Waals surface area contributed by atoms with E-state index in [1.807, 2.05) is 13.1 Å². The molecule has 3 nitrogen and oxygen atoms in total. The van der Waals surface area contributed by atoms with E-state index in [2.05, 4.69) is 59.0 Å². The second-order valence-corrected chi connectivity index (χ2v) is 5.62. The van der Waals surface area contributed by atoms with Crippen LogP contribution < -0.4 is 5.32 Å². The van der Waals surface area contributed by atoms with Gasteiger partial charge < -0.3 is 10.2 Å². The Hall–Kier alpha value is -2.39. The summed E-state index contributed by atoms with van der Waals surface area (Å²) in [5.74, 6) is 0. The molecule has 0 saturated carbocycles. The quantitative estimate of drug-likeness (QED) is 0.550. The fourth-order valence-electron chi connectivity index (χ4n) is 2.97. The van der Waals surface area contributed by atoms with Gasteiger partial charge in [-0.15, -0.1) is 0 Å². The molecular formula is C20H22N2O. The van der Waals surface area contributed by atoms with Crippen LogP contribution in [-0.2, 0) is 4.84 Å². The summed E-state index contributed by atoms with van der Waals surface area (Å²) >= 11 is 0. The fourth-order valence-corrected chi connectivity index (χ4v) is 2.97. The number of fused-ring (bicyclic) bond motifs is 3. The third-order valence-electron chi connectivity index (χ3n) is 4.06. The molecule has 0 heterocycles. The molecule has 0 atom stereocenters. The molecule has 0 aromatic heterocycles. The molecule has 0 fully saturated rings. The van der Waals surface area contributed by atoms with Crippen molar-refractivity contribution in [1.29, 1.82) is 0 Å². The van der Waals surface area contributed by atoms with E-state index in [1.54, 1.807) is 7.11 Å². The van der Waals surface area contributed by atoms with Gasteiger partial charge >= 0.3 is 0 Å². The van der Waals surface area contributed by atoms with Crippen LogP contribution in [0.25, 0.3) is 17.2 Å². The number of oxime groups is 1. The van der Waals surface area contributed by atoms with Crippen molar-refractivity contribution in [2.75, 3.05) is 20.7 Å². The highest BCUT2D eigenvalue weighted by atomic mass is 16.6. The van der Waals surface area contributed by atoms with Gasteiger partial charge in [0.2, 0.25) is 0 Å². The Morgan fingerprint density at radius 3 is 2.61 bits per heavy atom. The molecule has 118 valence electrons. The van der Waals surface area contributed by atoms with Gasteiger partial charge in [0.25, 0.3) is 0 Å². The van der Waals surface area contributed by atoms with E-state index in [9.17, 15) is 0 Å². The number of rotatable bonds is 6. The highest BCUT2D eigenvalue weighted by molar-refractivity contribution is 6.24. The second kappa shape index (κ2) is 7.25. The monoisotopic (exact) mass is 306 g/mol. The summed E-state index contributed by atoms with van der Waals surface area (Å²) in [6, 6.07) is 14.9. The normalized spacial score (nSPS) is 14.3. The topological polar surface area (TPSA) is 33.6 Å². The first kappa shape index (κ1) is 15.5. The predicted octanol–water partition coefficient (Wildman–Crippen LogP) is 4.08. The minimum Gasteiger partial charge on any atom is -0.399 e. The zero-order chi connectivity index (χ0) is 16.1. The Kier molecular flexibility index (Phi) is 4.89. The van der Waals surface area contributed by atoms with Crippen LogP contribution in [0.15, 0.2) is 53.7 Å². The van der Waals surface area contributed by atoms with Crippen molar-refractivity contribution in [3.63, 3.8) is 0 Å². The number of hydrogen-bond acceptors (Lipinski definition) is 3. The number of allylic oxidation sites excluding steroid dienone is 1. The third kappa shape index (κ3) is 3.20. The van der Waals surface area contributed by atoms with Crippen molar-refractivity contribution >= 4 is 11.8 Å². The summed E-state index contributed by atoms with van der Waals surface area (Å²) in [5, 5.41) is 7.42. The van der Waals surface area contributed by atoms with Crippen LogP contribution in [0.4, 0.5) is 0 Å². The first-order chi connectivity index (χ1) is 11.3. The Bertz CT molecular complexity index is 747. The lowest BCUT2D eigenvalue weighted by Crippen LogP contribution is -2.06. The van der Waals surface area contributed by atoms with Crippen molar-refractivity contribution in [3.8, 4) is 11.1 Å². The maximum absolute atomic E-state index is 5.07. The van der Waals surface area contributed by atoms with Crippen LogP contribution in [0.3, 0.4) is 0 Å². The zero-order valence-electron chi connectivity index (χ0n) is 13.7. The SMILES string of the molecule is CNCCC/C=C/c1ccc2c(c1)/C(=N/OC)c1ccccc1-2. The smallest absolute Gasteiger partial charge is 0.118 e. The van der Waals surface area contributed by atoms with Crippen LogP contribution in [-0.4, -0.2) is 26.4 Å². The van der Waals surface area contributed by atoms with E-state index >= 15 is 0 Å². The van der Waals surface area contributed by atoms with Crippen molar-refractivity contribution in [1.82, 2.24) is 5.32 Å². The van der Waals surface area contributed by atoms with E-state index < -0.39 is 0 Å². The molecule has 3 rings (SSSR count). The second-order valence-electron chi connectivity index (χ2n) is 5.62. The molecule has 2 aromatic rings.